The molecule has 0 fully saturated rings. The van der Waals surface area contributed by atoms with Gasteiger partial charge in [-0.3, -0.25) is 14.8 Å². The van der Waals surface area contributed by atoms with Crippen LogP contribution in [-0.4, -0.2) is 53.0 Å². The molecule has 0 spiro atoms. The van der Waals surface area contributed by atoms with Gasteiger partial charge in [-0.2, -0.15) is 5.10 Å². The van der Waals surface area contributed by atoms with E-state index in [1.807, 2.05) is 0 Å². The number of carbonyl (C=O) groups excluding carboxylic acids is 1. The fourth-order valence-electron chi connectivity index (χ4n) is 2.89. The Hall–Kier alpha value is -1.89. The van der Waals surface area contributed by atoms with E-state index in [2.05, 4.69) is 32.5 Å². The minimum atomic E-state index is -0.136. The molecule has 0 saturated heterocycles. The summed E-state index contributed by atoms with van der Waals surface area (Å²) in [6.07, 6.45) is 2.88. The SMILES string of the molecule is CCC1=NOC(CN2CCc3[nH]nc(C(=O)NC)c3C2)C1. The van der Waals surface area contributed by atoms with E-state index in [0.717, 1.165) is 55.9 Å². The van der Waals surface area contributed by atoms with Gasteiger partial charge in [0.05, 0.1) is 5.71 Å². The van der Waals surface area contributed by atoms with Gasteiger partial charge in [-0.25, -0.2) is 0 Å². The summed E-state index contributed by atoms with van der Waals surface area (Å²) in [5, 5.41) is 13.9. The Morgan fingerprint density at radius 3 is 3.14 bits per heavy atom. The van der Waals surface area contributed by atoms with Crippen LogP contribution in [0.4, 0.5) is 0 Å². The Bertz CT molecular complexity index is 566. The van der Waals surface area contributed by atoms with Crippen LogP contribution in [0.2, 0.25) is 0 Å². The first kappa shape index (κ1) is 14.1. The molecule has 114 valence electrons. The number of hydrogen-bond donors (Lipinski definition) is 2. The third-order valence-corrected chi connectivity index (χ3v) is 4.12. The van der Waals surface area contributed by atoms with E-state index in [-0.39, 0.29) is 12.0 Å². The van der Waals surface area contributed by atoms with E-state index in [1.54, 1.807) is 7.05 Å². The zero-order valence-electron chi connectivity index (χ0n) is 12.5. The molecule has 0 aliphatic carbocycles. The fraction of sp³-hybridized carbons (Fsp3) is 0.643. The minimum absolute atomic E-state index is 0.136. The van der Waals surface area contributed by atoms with Crippen LogP contribution in [0.5, 0.6) is 0 Å². The van der Waals surface area contributed by atoms with Crippen LogP contribution in [0.3, 0.4) is 0 Å². The number of hydrogen-bond acceptors (Lipinski definition) is 5. The molecule has 1 aromatic rings. The molecule has 2 aliphatic rings. The summed E-state index contributed by atoms with van der Waals surface area (Å²) in [4.78, 5) is 19.6. The Labute approximate surface area is 123 Å². The van der Waals surface area contributed by atoms with E-state index in [4.69, 9.17) is 4.84 Å². The average molecular weight is 291 g/mol. The molecule has 1 atom stereocenters. The van der Waals surface area contributed by atoms with Crippen LogP contribution in [0, 0.1) is 0 Å². The number of carbonyl (C=O) groups is 1. The Morgan fingerprint density at radius 2 is 2.43 bits per heavy atom. The molecule has 1 unspecified atom stereocenters. The molecule has 0 radical (unpaired) electrons. The van der Waals surface area contributed by atoms with Crippen LogP contribution >= 0.6 is 0 Å². The number of aromatic nitrogens is 2. The van der Waals surface area contributed by atoms with Crippen molar-refractivity contribution in [2.45, 2.75) is 38.8 Å². The average Bonchev–Trinajstić information content (AvgIpc) is 3.12. The summed E-state index contributed by atoms with van der Waals surface area (Å²) in [6, 6.07) is 0. The second kappa shape index (κ2) is 5.85. The highest BCUT2D eigenvalue weighted by Crippen LogP contribution is 2.22. The molecular formula is C14H21N5O2. The number of oxime groups is 1. The van der Waals surface area contributed by atoms with Crippen molar-refractivity contribution >= 4 is 11.6 Å². The monoisotopic (exact) mass is 291 g/mol. The summed E-state index contributed by atoms with van der Waals surface area (Å²) < 4.78 is 0. The number of fused-ring (bicyclic) bond motifs is 1. The lowest BCUT2D eigenvalue weighted by molar-refractivity contribution is 0.0486. The van der Waals surface area contributed by atoms with Gasteiger partial charge in [0.25, 0.3) is 5.91 Å². The summed E-state index contributed by atoms with van der Waals surface area (Å²) in [5.74, 6) is -0.136. The molecule has 21 heavy (non-hydrogen) atoms. The van der Waals surface area contributed by atoms with Gasteiger partial charge in [0.2, 0.25) is 0 Å². The smallest absolute Gasteiger partial charge is 0.271 e. The largest absolute Gasteiger partial charge is 0.391 e. The minimum Gasteiger partial charge on any atom is -0.391 e. The van der Waals surface area contributed by atoms with Crippen LogP contribution in [-0.2, 0) is 17.8 Å². The van der Waals surface area contributed by atoms with Crippen molar-refractivity contribution in [3.05, 3.63) is 17.0 Å². The van der Waals surface area contributed by atoms with Crippen LogP contribution in [0.1, 0.15) is 41.5 Å². The summed E-state index contributed by atoms with van der Waals surface area (Å²) in [6.45, 7) is 4.61. The lowest BCUT2D eigenvalue weighted by atomic mass is 10.0. The number of nitrogens with zero attached hydrogens (tertiary/aromatic N) is 3. The maximum absolute atomic E-state index is 11.8. The molecule has 0 saturated carbocycles. The van der Waals surface area contributed by atoms with Gasteiger partial charge in [0.1, 0.15) is 6.10 Å². The summed E-state index contributed by atoms with van der Waals surface area (Å²) in [7, 11) is 1.62. The Balaban J connectivity index is 1.64. The van der Waals surface area contributed by atoms with Crippen molar-refractivity contribution in [3.8, 4) is 0 Å². The van der Waals surface area contributed by atoms with Crippen LogP contribution in [0.25, 0.3) is 0 Å². The summed E-state index contributed by atoms with van der Waals surface area (Å²) in [5.41, 5.74) is 3.72. The lowest BCUT2D eigenvalue weighted by Gasteiger charge is -2.28. The predicted octanol–water partition coefficient (Wildman–Crippen LogP) is 0.682. The second-order valence-corrected chi connectivity index (χ2v) is 5.54. The second-order valence-electron chi connectivity index (χ2n) is 5.54. The van der Waals surface area contributed by atoms with E-state index >= 15 is 0 Å². The normalized spacial score (nSPS) is 21.6. The molecule has 0 aromatic carbocycles. The molecule has 7 heteroatoms. The highest BCUT2D eigenvalue weighted by Gasteiger charge is 2.28. The molecule has 0 bridgehead atoms. The van der Waals surface area contributed by atoms with E-state index < -0.39 is 0 Å². The van der Waals surface area contributed by atoms with Crippen molar-refractivity contribution in [1.29, 1.82) is 0 Å². The van der Waals surface area contributed by atoms with Crippen LogP contribution < -0.4 is 5.32 Å². The third-order valence-electron chi connectivity index (χ3n) is 4.12. The van der Waals surface area contributed by atoms with Crippen molar-refractivity contribution in [2.24, 2.45) is 5.16 Å². The van der Waals surface area contributed by atoms with Crippen molar-refractivity contribution in [2.75, 3.05) is 20.1 Å². The molecule has 1 amide bonds. The van der Waals surface area contributed by atoms with E-state index in [9.17, 15) is 4.79 Å². The van der Waals surface area contributed by atoms with Gasteiger partial charge in [-0.15, -0.1) is 0 Å². The molecule has 7 nitrogen and oxygen atoms in total. The van der Waals surface area contributed by atoms with Gasteiger partial charge >= 0.3 is 0 Å². The standard InChI is InChI=1S/C14H21N5O2/c1-3-9-6-10(21-18-9)7-19-5-4-12-11(8-19)13(17-16-12)14(20)15-2/h10H,3-8H2,1-2H3,(H,15,20)(H,16,17). The third kappa shape index (κ3) is 2.78. The first-order valence-corrected chi connectivity index (χ1v) is 7.43. The highest BCUT2D eigenvalue weighted by atomic mass is 16.6. The number of nitrogens with one attached hydrogen (secondary N) is 2. The fourth-order valence-corrected chi connectivity index (χ4v) is 2.89. The quantitative estimate of drug-likeness (QED) is 0.854. The molecule has 3 rings (SSSR count). The zero-order valence-corrected chi connectivity index (χ0v) is 12.5. The number of amides is 1. The van der Waals surface area contributed by atoms with Crippen molar-refractivity contribution < 1.29 is 9.63 Å². The topological polar surface area (TPSA) is 82.6 Å². The highest BCUT2D eigenvalue weighted by molar-refractivity contribution is 5.93. The molecule has 2 aliphatic heterocycles. The molecule has 1 aromatic heterocycles. The number of aromatic amines is 1. The van der Waals surface area contributed by atoms with Gasteiger partial charge in [-0.05, 0) is 6.42 Å². The Morgan fingerprint density at radius 1 is 1.57 bits per heavy atom. The van der Waals surface area contributed by atoms with E-state index in [0.29, 0.717) is 5.69 Å². The predicted molar refractivity (Wildman–Crippen MR) is 78.2 cm³/mol. The zero-order chi connectivity index (χ0) is 14.8. The maximum Gasteiger partial charge on any atom is 0.271 e. The first-order valence-electron chi connectivity index (χ1n) is 7.43. The van der Waals surface area contributed by atoms with Gasteiger partial charge < -0.3 is 10.2 Å². The molecule has 2 N–H and O–H groups in total. The van der Waals surface area contributed by atoms with Gasteiger partial charge in [-0.1, -0.05) is 12.1 Å². The Kier molecular flexibility index (Phi) is 3.92. The van der Waals surface area contributed by atoms with Crippen LogP contribution in [0.15, 0.2) is 5.16 Å². The van der Waals surface area contributed by atoms with E-state index in [1.165, 1.54) is 0 Å². The first-order chi connectivity index (χ1) is 10.2. The van der Waals surface area contributed by atoms with Crippen molar-refractivity contribution in [1.82, 2.24) is 20.4 Å². The molecular weight excluding hydrogens is 270 g/mol. The summed E-state index contributed by atoms with van der Waals surface area (Å²) >= 11 is 0. The maximum atomic E-state index is 11.8. The van der Waals surface area contributed by atoms with Gasteiger partial charge in [0, 0.05) is 50.8 Å². The van der Waals surface area contributed by atoms with Gasteiger partial charge in [0.15, 0.2) is 5.69 Å². The number of H-pyrrole nitrogens is 1. The van der Waals surface area contributed by atoms with Crippen molar-refractivity contribution in [3.63, 3.8) is 0 Å². The molecule has 3 heterocycles. The number of rotatable bonds is 4. The lowest BCUT2D eigenvalue weighted by Crippen LogP contribution is -2.37.